The number of ketones is 1. The molecule has 3 rings (SSSR count). The van der Waals surface area contributed by atoms with Crippen molar-refractivity contribution in [3.05, 3.63) is 59.7 Å². The maximum atomic E-state index is 12.6. The van der Waals surface area contributed by atoms with Crippen molar-refractivity contribution in [2.45, 2.75) is 6.42 Å². The molecule has 1 aliphatic heterocycles. The fourth-order valence-electron chi connectivity index (χ4n) is 2.56. The van der Waals surface area contributed by atoms with Crippen molar-refractivity contribution in [1.29, 1.82) is 0 Å². The number of carbonyl (C=O) groups excluding carboxylic acids is 1. The van der Waals surface area contributed by atoms with Crippen LogP contribution in [0.5, 0.6) is 11.5 Å². The minimum Gasteiger partial charge on any atom is -0.496 e. The first-order valence-corrected chi connectivity index (χ1v) is 6.67. The largest absolute Gasteiger partial charge is 0.496 e. The average molecular weight is 268 g/mol. The van der Waals surface area contributed by atoms with Gasteiger partial charge in [-0.3, -0.25) is 4.79 Å². The van der Waals surface area contributed by atoms with Crippen LogP contribution >= 0.6 is 0 Å². The van der Waals surface area contributed by atoms with Crippen LogP contribution < -0.4 is 9.47 Å². The summed E-state index contributed by atoms with van der Waals surface area (Å²) in [6.45, 7) is 0.424. The highest BCUT2D eigenvalue weighted by atomic mass is 16.5. The summed E-state index contributed by atoms with van der Waals surface area (Å²) >= 11 is 0. The number of hydrogen-bond donors (Lipinski definition) is 0. The Labute approximate surface area is 118 Å². The van der Waals surface area contributed by atoms with E-state index in [1.807, 2.05) is 48.5 Å². The Bertz CT molecular complexity index is 634. The Morgan fingerprint density at radius 3 is 2.75 bits per heavy atom. The Morgan fingerprint density at radius 1 is 1.15 bits per heavy atom. The smallest absolute Gasteiger partial charge is 0.173 e. The quantitative estimate of drug-likeness (QED) is 0.802. The summed E-state index contributed by atoms with van der Waals surface area (Å²) in [7, 11) is 1.58. The highest BCUT2D eigenvalue weighted by Crippen LogP contribution is 2.30. The number of fused-ring (bicyclic) bond motifs is 1. The van der Waals surface area contributed by atoms with E-state index in [-0.39, 0.29) is 11.7 Å². The first-order chi connectivity index (χ1) is 9.79. The summed E-state index contributed by atoms with van der Waals surface area (Å²) in [4.78, 5) is 12.6. The molecule has 0 amide bonds. The monoisotopic (exact) mass is 268 g/mol. The van der Waals surface area contributed by atoms with E-state index in [1.165, 1.54) is 0 Å². The van der Waals surface area contributed by atoms with E-state index < -0.39 is 0 Å². The summed E-state index contributed by atoms with van der Waals surface area (Å²) in [5, 5.41) is 0. The highest BCUT2D eigenvalue weighted by Gasteiger charge is 2.28. The Morgan fingerprint density at radius 2 is 1.90 bits per heavy atom. The number of rotatable bonds is 3. The molecule has 0 radical (unpaired) electrons. The number of Topliss-reactive ketones (excluding diaryl/α,β-unsaturated/α-hetero) is 1. The topological polar surface area (TPSA) is 35.5 Å². The predicted molar refractivity (Wildman–Crippen MR) is 76.5 cm³/mol. The SMILES string of the molecule is COc1ccccc1C(=O)C1COc2ccccc2C1. The molecule has 102 valence electrons. The van der Waals surface area contributed by atoms with Crippen molar-refractivity contribution in [2.75, 3.05) is 13.7 Å². The van der Waals surface area contributed by atoms with Gasteiger partial charge in [-0.25, -0.2) is 0 Å². The molecule has 1 heterocycles. The third-order valence-electron chi connectivity index (χ3n) is 3.62. The van der Waals surface area contributed by atoms with E-state index in [0.29, 0.717) is 24.3 Å². The van der Waals surface area contributed by atoms with Crippen molar-refractivity contribution in [2.24, 2.45) is 5.92 Å². The summed E-state index contributed by atoms with van der Waals surface area (Å²) in [6.07, 6.45) is 0.715. The van der Waals surface area contributed by atoms with Gasteiger partial charge in [-0.05, 0) is 30.2 Å². The van der Waals surface area contributed by atoms with Gasteiger partial charge in [0.25, 0.3) is 0 Å². The van der Waals surface area contributed by atoms with Crippen LogP contribution in [0.25, 0.3) is 0 Å². The molecule has 3 nitrogen and oxygen atoms in total. The van der Waals surface area contributed by atoms with Gasteiger partial charge in [-0.2, -0.15) is 0 Å². The zero-order valence-electron chi connectivity index (χ0n) is 11.3. The molecule has 0 saturated carbocycles. The molecule has 3 heteroatoms. The van der Waals surface area contributed by atoms with Gasteiger partial charge in [-0.1, -0.05) is 30.3 Å². The standard InChI is InChI=1S/C17H16O3/c1-19-16-9-5-3-7-14(16)17(18)13-10-12-6-2-4-8-15(12)20-11-13/h2-9,13H,10-11H2,1H3. The normalized spacial score (nSPS) is 16.9. The van der Waals surface area contributed by atoms with Crippen molar-refractivity contribution in [3.8, 4) is 11.5 Å². The third-order valence-corrected chi connectivity index (χ3v) is 3.62. The van der Waals surface area contributed by atoms with Crippen LogP contribution in [0.1, 0.15) is 15.9 Å². The summed E-state index contributed by atoms with van der Waals surface area (Å²) in [5.41, 5.74) is 1.72. The predicted octanol–water partition coefficient (Wildman–Crippen LogP) is 3.13. The van der Waals surface area contributed by atoms with Crippen molar-refractivity contribution in [1.82, 2.24) is 0 Å². The lowest BCUT2D eigenvalue weighted by atomic mass is 9.89. The van der Waals surface area contributed by atoms with Gasteiger partial charge in [0.1, 0.15) is 11.5 Å². The van der Waals surface area contributed by atoms with Crippen molar-refractivity contribution < 1.29 is 14.3 Å². The zero-order valence-corrected chi connectivity index (χ0v) is 11.3. The molecule has 0 aliphatic carbocycles. The number of methoxy groups -OCH3 is 1. The number of ether oxygens (including phenoxy) is 2. The second-order valence-electron chi connectivity index (χ2n) is 4.88. The van der Waals surface area contributed by atoms with Crippen LogP contribution in [0, 0.1) is 5.92 Å². The lowest BCUT2D eigenvalue weighted by Gasteiger charge is -2.24. The minimum atomic E-state index is -0.152. The van der Waals surface area contributed by atoms with Crippen molar-refractivity contribution >= 4 is 5.78 Å². The zero-order chi connectivity index (χ0) is 13.9. The molecule has 1 atom stereocenters. The van der Waals surface area contributed by atoms with Crippen molar-refractivity contribution in [3.63, 3.8) is 0 Å². The van der Waals surface area contributed by atoms with Crippen LogP contribution in [0.4, 0.5) is 0 Å². The van der Waals surface area contributed by atoms with E-state index in [4.69, 9.17) is 9.47 Å². The maximum absolute atomic E-state index is 12.6. The van der Waals surface area contributed by atoms with Crippen LogP contribution in [0.2, 0.25) is 0 Å². The van der Waals surface area contributed by atoms with Gasteiger partial charge in [-0.15, -0.1) is 0 Å². The first kappa shape index (κ1) is 12.7. The van der Waals surface area contributed by atoms with Crippen LogP contribution in [-0.4, -0.2) is 19.5 Å². The molecular weight excluding hydrogens is 252 g/mol. The Kier molecular flexibility index (Phi) is 3.42. The van der Waals surface area contributed by atoms with Gasteiger partial charge in [0.2, 0.25) is 0 Å². The number of hydrogen-bond acceptors (Lipinski definition) is 3. The molecule has 20 heavy (non-hydrogen) atoms. The maximum Gasteiger partial charge on any atom is 0.173 e. The van der Waals surface area contributed by atoms with Crippen LogP contribution in [0.3, 0.4) is 0 Å². The highest BCUT2D eigenvalue weighted by molar-refractivity contribution is 6.00. The second kappa shape index (κ2) is 5.37. The third kappa shape index (κ3) is 2.27. The number of carbonyl (C=O) groups is 1. The molecule has 1 aliphatic rings. The molecule has 0 spiro atoms. The first-order valence-electron chi connectivity index (χ1n) is 6.67. The van der Waals surface area contributed by atoms with Gasteiger partial charge in [0.15, 0.2) is 5.78 Å². The lowest BCUT2D eigenvalue weighted by Crippen LogP contribution is -2.28. The minimum absolute atomic E-state index is 0.0805. The van der Waals surface area contributed by atoms with E-state index in [2.05, 4.69) is 0 Å². The van der Waals surface area contributed by atoms with E-state index in [9.17, 15) is 4.79 Å². The molecule has 0 bridgehead atoms. The molecular formula is C17H16O3. The van der Waals surface area contributed by atoms with Gasteiger partial charge < -0.3 is 9.47 Å². The van der Waals surface area contributed by atoms with Gasteiger partial charge in [0, 0.05) is 0 Å². The van der Waals surface area contributed by atoms with Crippen LogP contribution in [0.15, 0.2) is 48.5 Å². The molecule has 2 aromatic carbocycles. The Balaban J connectivity index is 1.86. The lowest BCUT2D eigenvalue weighted by molar-refractivity contribution is 0.0852. The molecule has 2 aromatic rings. The van der Waals surface area contributed by atoms with Gasteiger partial charge >= 0.3 is 0 Å². The number of para-hydroxylation sites is 2. The molecule has 0 N–H and O–H groups in total. The Hall–Kier alpha value is -2.29. The average Bonchev–Trinajstić information content (AvgIpc) is 2.53. The van der Waals surface area contributed by atoms with E-state index in [0.717, 1.165) is 11.3 Å². The molecule has 0 aromatic heterocycles. The fourth-order valence-corrected chi connectivity index (χ4v) is 2.56. The molecule has 0 saturated heterocycles. The summed E-state index contributed by atoms with van der Waals surface area (Å²) in [5.74, 6) is 1.44. The molecule has 1 unspecified atom stereocenters. The summed E-state index contributed by atoms with van der Waals surface area (Å²) in [6, 6.07) is 15.2. The van der Waals surface area contributed by atoms with E-state index >= 15 is 0 Å². The number of benzene rings is 2. The van der Waals surface area contributed by atoms with Crippen LogP contribution in [-0.2, 0) is 6.42 Å². The van der Waals surface area contributed by atoms with E-state index in [1.54, 1.807) is 7.11 Å². The second-order valence-corrected chi connectivity index (χ2v) is 4.88. The van der Waals surface area contributed by atoms with Gasteiger partial charge in [0.05, 0.1) is 25.2 Å². The summed E-state index contributed by atoms with van der Waals surface area (Å²) < 4.78 is 11.0. The fraction of sp³-hybridized carbons (Fsp3) is 0.235. The molecule has 0 fully saturated rings.